The fourth-order valence-corrected chi connectivity index (χ4v) is 3.29. The van der Waals surface area contributed by atoms with E-state index >= 15 is 0 Å². The van der Waals surface area contributed by atoms with E-state index in [0.29, 0.717) is 19.7 Å². The Morgan fingerprint density at radius 1 is 1.39 bits per heavy atom. The molecule has 2 aromatic heterocycles. The van der Waals surface area contributed by atoms with Crippen molar-refractivity contribution in [2.24, 2.45) is 0 Å². The van der Waals surface area contributed by atoms with Gasteiger partial charge in [0.1, 0.15) is 5.83 Å². The summed E-state index contributed by atoms with van der Waals surface area (Å²) in [6.07, 6.45) is 5.64. The van der Waals surface area contributed by atoms with E-state index in [4.69, 9.17) is 5.11 Å². The summed E-state index contributed by atoms with van der Waals surface area (Å²) < 4.78 is 16.3. The molecule has 0 spiro atoms. The van der Waals surface area contributed by atoms with Crippen molar-refractivity contribution in [3.63, 3.8) is 0 Å². The van der Waals surface area contributed by atoms with Crippen molar-refractivity contribution in [1.29, 1.82) is 0 Å². The van der Waals surface area contributed by atoms with Crippen LogP contribution in [-0.2, 0) is 4.79 Å². The highest BCUT2D eigenvalue weighted by molar-refractivity contribution is 6.34. The first-order chi connectivity index (χ1) is 11.1. The Labute approximate surface area is 133 Å². The Morgan fingerprint density at radius 3 is 3.00 bits per heavy atom. The van der Waals surface area contributed by atoms with Crippen LogP contribution in [0.1, 0.15) is 18.5 Å². The minimum atomic E-state index is -0.859. The lowest BCUT2D eigenvalue weighted by Crippen LogP contribution is -2.39. The summed E-state index contributed by atoms with van der Waals surface area (Å²) in [6.45, 7) is 0. The molecule has 0 fully saturated rings. The SMILES string of the molecule is O=C(O)CCC1C=C(F)C2=Cc3ccc(-c4ccc[nH]4)n3BN21. The number of rotatable bonds is 4. The molecule has 0 radical (unpaired) electrons. The standard InChI is InChI=1S/C16H15BFN3O2/c18-12-8-10(4-6-16(22)23)21-15(12)9-11-3-5-14(20(11)17-21)13-2-1-7-19-13/h1-3,5,7-10,17,19H,4,6H2,(H,22,23). The van der Waals surface area contributed by atoms with E-state index in [0.717, 1.165) is 17.1 Å². The van der Waals surface area contributed by atoms with Gasteiger partial charge >= 0.3 is 13.5 Å². The Kier molecular flexibility index (Phi) is 3.14. The topological polar surface area (TPSA) is 61.3 Å². The summed E-state index contributed by atoms with van der Waals surface area (Å²) in [4.78, 5) is 15.9. The van der Waals surface area contributed by atoms with E-state index in [2.05, 4.69) is 9.46 Å². The van der Waals surface area contributed by atoms with E-state index in [9.17, 15) is 9.18 Å². The second kappa shape index (κ2) is 5.19. The lowest BCUT2D eigenvalue weighted by Gasteiger charge is -2.31. The molecule has 7 heteroatoms. The van der Waals surface area contributed by atoms with Crippen LogP contribution in [0, 0.1) is 0 Å². The molecule has 2 aromatic rings. The molecule has 0 bridgehead atoms. The highest BCUT2D eigenvalue weighted by Gasteiger charge is 2.34. The number of nitrogens with one attached hydrogen (secondary N) is 1. The van der Waals surface area contributed by atoms with Crippen molar-refractivity contribution in [1.82, 2.24) is 14.3 Å². The fraction of sp³-hybridized carbons (Fsp3) is 0.188. The Morgan fingerprint density at radius 2 is 2.26 bits per heavy atom. The molecule has 4 heterocycles. The predicted octanol–water partition coefficient (Wildman–Crippen LogP) is 2.35. The number of halogens is 1. The molecule has 116 valence electrons. The molecule has 1 atom stereocenters. The molecule has 0 aromatic carbocycles. The van der Waals surface area contributed by atoms with Gasteiger partial charge in [-0.3, -0.25) is 4.79 Å². The van der Waals surface area contributed by atoms with Gasteiger partial charge in [-0.1, -0.05) is 0 Å². The lowest BCUT2D eigenvalue weighted by atomic mass is 9.97. The van der Waals surface area contributed by atoms with Gasteiger partial charge in [0.2, 0.25) is 0 Å². The molecule has 5 nitrogen and oxygen atoms in total. The average Bonchev–Trinajstić information content (AvgIpc) is 3.22. The molecule has 0 amide bonds. The molecule has 0 saturated heterocycles. The first-order valence-electron chi connectivity index (χ1n) is 7.54. The molecule has 0 aliphatic carbocycles. The number of carboxylic acids is 1. The molecule has 2 aliphatic heterocycles. The van der Waals surface area contributed by atoms with Crippen molar-refractivity contribution in [3.05, 3.63) is 53.8 Å². The van der Waals surface area contributed by atoms with E-state index in [1.165, 1.54) is 6.08 Å². The van der Waals surface area contributed by atoms with Crippen molar-refractivity contribution < 1.29 is 14.3 Å². The van der Waals surface area contributed by atoms with E-state index in [-0.39, 0.29) is 18.3 Å². The Balaban J connectivity index is 1.67. The maximum Gasteiger partial charge on any atom is 0.362 e. The van der Waals surface area contributed by atoms with Gasteiger partial charge in [0, 0.05) is 24.4 Å². The normalized spacial score (nSPS) is 18.8. The highest BCUT2D eigenvalue weighted by atomic mass is 19.1. The zero-order valence-electron chi connectivity index (χ0n) is 12.4. The number of allylic oxidation sites excluding steroid dienone is 1. The van der Waals surface area contributed by atoms with Gasteiger partial charge in [0.05, 0.1) is 17.1 Å². The summed E-state index contributed by atoms with van der Waals surface area (Å²) in [6, 6.07) is 7.69. The number of hydrogen-bond acceptors (Lipinski definition) is 2. The van der Waals surface area contributed by atoms with Crippen LogP contribution in [0.5, 0.6) is 0 Å². The summed E-state index contributed by atoms with van der Waals surface area (Å²) in [5, 5.41) is 8.87. The van der Waals surface area contributed by atoms with Gasteiger partial charge < -0.3 is 19.4 Å². The number of aromatic amines is 1. The van der Waals surface area contributed by atoms with Crippen molar-refractivity contribution in [3.8, 4) is 11.4 Å². The van der Waals surface area contributed by atoms with Gasteiger partial charge in [-0.15, -0.1) is 0 Å². The molecule has 1 unspecified atom stereocenters. The summed E-state index contributed by atoms with van der Waals surface area (Å²) in [5.74, 6) is -1.13. The monoisotopic (exact) mass is 311 g/mol. The number of aromatic nitrogens is 2. The Bertz CT molecular complexity index is 823. The average molecular weight is 311 g/mol. The van der Waals surface area contributed by atoms with E-state index in [1.807, 2.05) is 41.3 Å². The van der Waals surface area contributed by atoms with Crippen LogP contribution in [0.4, 0.5) is 4.39 Å². The minimum absolute atomic E-state index is 0.0280. The van der Waals surface area contributed by atoms with Crippen LogP contribution in [0.3, 0.4) is 0 Å². The Hall–Kier alpha value is -2.70. The van der Waals surface area contributed by atoms with Crippen LogP contribution in [0.2, 0.25) is 0 Å². The zero-order chi connectivity index (χ0) is 16.0. The summed E-state index contributed by atoms with van der Waals surface area (Å²) >= 11 is 0. The molecular weight excluding hydrogens is 296 g/mol. The first kappa shape index (κ1) is 13.9. The third-order valence-electron chi connectivity index (χ3n) is 4.41. The second-order valence-electron chi connectivity index (χ2n) is 5.81. The van der Waals surface area contributed by atoms with E-state index in [1.54, 1.807) is 0 Å². The lowest BCUT2D eigenvalue weighted by molar-refractivity contribution is -0.137. The molecule has 0 saturated carbocycles. The highest BCUT2D eigenvalue weighted by Crippen LogP contribution is 2.36. The number of H-pyrrole nitrogens is 1. The zero-order valence-corrected chi connectivity index (χ0v) is 12.4. The second-order valence-corrected chi connectivity index (χ2v) is 5.81. The largest absolute Gasteiger partial charge is 0.481 e. The van der Waals surface area contributed by atoms with Gasteiger partial charge in [0.25, 0.3) is 0 Å². The van der Waals surface area contributed by atoms with Crippen LogP contribution in [0.25, 0.3) is 17.5 Å². The molecule has 2 N–H and O–H groups in total. The van der Waals surface area contributed by atoms with Gasteiger partial charge in [0.15, 0.2) is 0 Å². The summed E-state index contributed by atoms with van der Waals surface area (Å²) in [7, 11) is 0.511. The van der Waals surface area contributed by atoms with Crippen LogP contribution in [-0.4, -0.2) is 38.9 Å². The maximum atomic E-state index is 14.2. The van der Waals surface area contributed by atoms with Crippen molar-refractivity contribution in [2.45, 2.75) is 18.9 Å². The first-order valence-corrected chi connectivity index (χ1v) is 7.54. The smallest absolute Gasteiger partial charge is 0.362 e. The minimum Gasteiger partial charge on any atom is -0.481 e. The van der Waals surface area contributed by atoms with Crippen LogP contribution in [0.15, 0.2) is 48.1 Å². The van der Waals surface area contributed by atoms with Crippen molar-refractivity contribution >= 4 is 19.6 Å². The van der Waals surface area contributed by atoms with Crippen molar-refractivity contribution in [2.75, 3.05) is 0 Å². The van der Waals surface area contributed by atoms with E-state index < -0.39 is 5.97 Å². The third-order valence-corrected chi connectivity index (χ3v) is 4.41. The maximum absolute atomic E-state index is 14.2. The number of carboxylic acid groups (broad SMARTS) is 1. The molecule has 4 rings (SSSR count). The summed E-state index contributed by atoms with van der Waals surface area (Å²) in [5.41, 5.74) is 3.53. The number of nitrogens with zero attached hydrogens (tertiary/aromatic N) is 2. The quantitative estimate of drug-likeness (QED) is 0.852. The fourth-order valence-electron chi connectivity index (χ4n) is 3.29. The van der Waals surface area contributed by atoms with Gasteiger partial charge in [-0.05, 0) is 42.8 Å². The molecular formula is C16H15BFN3O2. The number of fused-ring (bicyclic) bond motifs is 2. The van der Waals surface area contributed by atoms with Crippen LogP contribution < -0.4 is 0 Å². The predicted molar refractivity (Wildman–Crippen MR) is 86.4 cm³/mol. The van der Waals surface area contributed by atoms with Gasteiger partial charge in [-0.25, -0.2) is 4.39 Å². The number of aliphatic carboxylic acids is 1. The third kappa shape index (κ3) is 2.28. The molecule has 2 aliphatic rings. The van der Waals surface area contributed by atoms with Crippen LogP contribution >= 0.6 is 0 Å². The van der Waals surface area contributed by atoms with Gasteiger partial charge in [-0.2, -0.15) is 0 Å². The molecule has 23 heavy (non-hydrogen) atoms. The number of carbonyl (C=O) groups is 1. The number of hydrogen-bond donors (Lipinski definition) is 2.